The lowest BCUT2D eigenvalue weighted by Crippen LogP contribution is -2.21. The molecule has 0 bridgehead atoms. The number of carbonyl (C=O) groups excluding carboxylic acids is 2. The van der Waals surface area contributed by atoms with Crippen LogP contribution in [-0.2, 0) is 6.18 Å². The minimum absolute atomic E-state index is 0.0514. The molecular formula is C27H20ClF3N6O2. The van der Waals surface area contributed by atoms with E-state index >= 15 is 0 Å². The number of amides is 1. The van der Waals surface area contributed by atoms with E-state index in [1.54, 1.807) is 30.5 Å². The smallest absolute Gasteiger partial charge is 0.322 e. The number of hydrogen-bond acceptors (Lipinski definition) is 5. The number of halogens is 4. The number of benzene rings is 2. The Balaban J connectivity index is 1.45. The predicted molar refractivity (Wildman–Crippen MR) is 140 cm³/mol. The van der Waals surface area contributed by atoms with Crippen LogP contribution in [0.25, 0.3) is 22.3 Å². The Kier molecular flexibility index (Phi) is 6.92. The van der Waals surface area contributed by atoms with Crippen LogP contribution >= 0.6 is 11.6 Å². The van der Waals surface area contributed by atoms with Gasteiger partial charge >= 0.3 is 6.18 Å². The Morgan fingerprint density at radius 3 is 2.59 bits per heavy atom. The molecule has 0 atom stereocenters. The molecule has 0 saturated heterocycles. The summed E-state index contributed by atoms with van der Waals surface area (Å²) in [4.78, 5) is 29.3. The molecule has 0 unspecified atom stereocenters. The summed E-state index contributed by atoms with van der Waals surface area (Å²) in [5.74, 6) is -1.06. The molecule has 39 heavy (non-hydrogen) atoms. The number of nitrogens with zero attached hydrogens (tertiary/aromatic N) is 5. The molecule has 0 fully saturated rings. The molecule has 1 amide bonds. The van der Waals surface area contributed by atoms with Crippen LogP contribution in [0, 0.1) is 0 Å². The van der Waals surface area contributed by atoms with Gasteiger partial charge < -0.3 is 5.32 Å². The lowest BCUT2D eigenvalue weighted by atomic mass is 10.1. The fraction of sp³-hybridized carbons (Fsp3) is 0.148. The number of carbonyl (C=O) groups is 2. The van der Waals surface area contributed by atoms with Crippen molar-refractivity contribution in [2.24, 2.45) is 0 Å². The minimum atomic E-state index is -4.89. The molecule has 0 aliphatic rings. The maximum Gasteiger partial charge on any atom is 0.434 e. The minimum Gasteiger partial charge on any atom is -0.322 e. The highest BCUT2D eigenvalue weighted by Gasteiger charge is 2.41. The third-order valence-corrected chi connectivity index (χ3v) is 6.27. The quantitative estimate of drug-likeness (QED) is 0.232. The molecule has 1 N–H and O–H groups in total. The number of aromatic nitrogens is 5. The van der Waals surface area contributed by atoms with Crippen LogP contribution in [0.4, 0.5) is 18.9 Å². The van der Waals surface area contributed by atoms with Gasteiger partial charge in [-0.05, 0) is 48.9 Å². The Bertz CT molecular complexity index is 1700. The molecule has 8 nitrogen and oxygen atoms in total. The second-order valence-corrected chi connectivity index (χ2v) is 9.04. The zero-order chi connectivity index (χ0) is 27.7. The standard InChI is InChI=1S/C27H20ClF3N6O2/c1-2-5-24(38)16-13-33-36(15-16)23-10-9-17(12-20(23)28)35-26(39)19-14-34-37(25(19)27(29,30)31)22-8-3-7-21-18(22)6-4-11-32-21/h3-4,6-15H,2,5H2,1H3,(H,35,39). The van der Waals surface area contributed by atoms with Crippen molar-refractivity contribution in [3.8, 4) is 11.4 Å². The van der Waals surface area contributed by atoms with Gasteiger partial charge in [0.15, 0.2) is 11.5 Å². The normalized spacial score (nSPS) is 11.6. The van der Waals surface area contributed by atoms with Crippen LogP contribution in [0.2, 0.25) is 5.02 Å². The van der Waals surface area contributed by atoms with Crippen LogP contribution in [0.5, 0.6) is 0 Å². The zero-order valence-corrected chi connectivity index (χ0v) is 21.2. The summed E-state index contributed by atoms with van der Waals surface area (Å²) in [5, 5.41) is 11.1. The first-order valence-electron chi connectivity index (χ1n) is 11.9. The molecule has 0 spiro atoms. The topological polar surface area (TPSA) is 94.7 Å². The van der Waals surface area contributed by atoms with E-state index in [0.29, 0.717) is 39.7 Å². The fourth-order valence-electron chi connectivity index (χ4n) is 4.18. The molecule has 0 aliphatic heterocycles. The molecule has 3 aromatic heterocycles. The number of hydrogen-bond donors (Lipinski definition) is 1. The van der Waals surface area contributed by atoms with E-state index < -0.39 is 23.3 Å². The van der Waals surface area contributed by atoms with Gasteiger partial charge in [0.1, 0.15) is 0 Å². The van der Waals surface area contributed by atoms with Gasteiger partial charge in [0, 0.05) is 29.9 Å². The van der Waals surface area contributed by atoms with Gasteiger partial charge in [-0.15, -0.1) is 0 Å². The Morgan fingerprint density at radius 1 is 1.03 bits per heavy atom. The summed E-state index contributed by atoms with van der Waals surface area (Å²) in [6.45, 7) is 1.90. The van der Waals surface area contributed by atoms with Crippen molar-refractivity contribution in [3.05, 3.63) is 95.2 Å². The van der Waals surface area contributed by atoms with Crippen molar-refractivity contribution in [1.29, 1.82) is 0 Å². The van der Waals surface area contributed by atoms with Crippen molar-refractivity contribution in [2.75, 3.05) is 5.32 Å². The van der Waals surface area contributed by atoms with Crippen LogP contribution in [0.1, 0.15) is 46.2 Å². The molecular weight excluding hydrogens is 533 g/mol. The Labute approximate surface area is 225 Å². The van der Waals surface area contributed by atoms with Crippen LogP contribution in [0.3, 0.4) is 0 Å². The van der Waals surface area contributed by atoms with E-state index in [1.807, 2.05) is 6.92 Å². The highest BCUT2D eigenvalue weighted by molar-refractivity contribution is 6.32. The first-order valence-corrected chi connectivity index (χ1v) is 12.2. The van der Waals surface area contributed by atoms with E-state index in [1.165, 1.54) is 41.3 Å². The summed E-state index contributed by atoms with van der Waals surface area (Å²) in [5.41, 5.74) is -0.232. The monoisotopic (exact) mass is 552 g/mol. The summed E-state index contributed by atoms with van der Waals surface area (Å²) >= 11 is 6.39. The number of alkyl halides is 3. The first-order chi connectivity index (χ1) is 18.7. The molecule has 3 heterocycles. The van der Waals surface area contributed by atoms with Gasteiger partial charge in [0.2, 0.25) is 0 Å². The zero-order valence-electron chi connectivity index (χ0n) is 20.4. The van der Waals surface area contributed by atoms with Gasteiger partial charge in [-0.25, -0.2) is 9.36 Å². The van der Waals surface area contributed by atoms with E-state index in [-0.39, 0.29) is 22.2 Å². The molecule has 0 saturated carbocycles. The molecule has 198 valence electrons. The maximum absolute atomic E-state index is 14.2. The first kappa shape index (κ1) is 26.1. The van der Waals surface area contributed by atoms with Crippen LogP contribution < -0.4 is 5.32 Å². The average Bonchev–Trinajstić information content (AvgIpc) is 3.57. The average molecular weight is 553 g/mol. The number of Topliss-reactive ketones (excluding diaryl/α,β-unsaturated/α-hetero) is 1. The number of ketones is 1. The molecule has 0 radical (unpaired) electrons. The van der Waals surface area contributed by atoms with Crippen molar-refractivity contribution >= 4 is 39.9 Å². The second kappa shape index (κ2) is 10.3. The third-order valence-electron chi connectivity index (χ3n) is 5.97. The lowest BCUT2D eigenvalue weighted by Gasteiger charge is -2.14. The van der Waals surface area contributed by atoms with Gasteiger partial charge in [0.25, 0.3) is 5.91 Å². The third kappa shape index (κ3) is 5.13. The SMILES string of the molecule is CCCC(=O)c1cnn(-c2ccc(NC(=O)c3cnn(-c4cccc5ncccc45)c3C(F)(F)F)cc2Cl)c1. The second-order valence-electron chi connectivity index (χ2n) is 8.63. The molecule has 5 rings (SSSR count). The van der Waals surface area contributed by atoms with Gasteiger partial charge in [-0.3, -0.25) is 14.6 Å². The highest BCUT2D eigenvalue weighted by Crippen LogP contribution is 2.35. The van der Waals surface area contributed by atoms with Crippen molar-refractivity contribution < 1.29 is 22.8 Å². The molecule has 2 aromatic carbocycles. The lowest BCUT2D eigenvalue weighted by molar-refractivity contribution is -0.143. The van der Waals surface area contributed by atoms with E-state index in [0.717, 1.165) is 6.20 Å². The number of pyridine rings is 1. The molecule has 0 aliphatic carbocycles. The van der Waals surface area contributed by atoms with E-state index in [9.17, 15) is 22.8 Å². The number of fused-ring (bicyclic) bond motifs is 1. The number of anilines is 1. The van der Waals surface area contributed by atoms with Gasteiger partial charge in [-0.1, -0.05) is 24.6 Å². The van der Waals surface area contributed by atoms with Gasteiger partial charge in [-0.2, -0.15) is 23.4 Å². The van der Waals surface area contributed by atoms with Crippen LogP contribution in [0.15, 0.2) is 73.3 Å². The largest absolute Gasteiger partial charge is 0.434 e. The molecule has 12 heteroatoms. The number of rotatable bonds is 7. The van der Waals surface area contributed by atoms with Crippen molar-refractivity contribution in [2.45, 2.75) is 25.9 Å². The van der Waals surface area contributed by atoms with E-state index in [2.05, 4.69) is 20.5 Å². The predicted octanol–water partition coefficient (Wildman–Crippen LogP) is 6.51. The Hall–Kier alpha value is -4.51. The summed E-state index contributed by atoms with van der Waals surface area (Å²) in [7, 11) is 0. The summed E-state index contributed by atoms with van der Waals surface area (Å²) < 4.78 is 44.8. The highest BCUT2D eigenvalue weighted by atomic mass is 35.5. The van der Waals surface area contributed by atoms with Crippen LogP contribution in [-0.4, -0.2) is 36.2 Å². The van der Waals surface area contributed by atoms with Gasteiger partial charge in [0.05, 0.1) is 45.4 Å². The summed E-state index contributed by atoms with van der Waals surface area (Å²) in [6, 6.07) is 12.4. The van der Waals surface area contributed by atoms with Crippen molar-refractivity contribution in [1.82, 2.24) is 24.5 Å². The number of nitrogens with one attached hydrogen (secondary N) is 1. The Morgan fingerprint density at radius 2 is 1.85 bits per heavy atom. The van der Waals surface area contributed by atoms with E-state index in [4.69, 9.17) is 11.6 Å². The van der Waals surface area contributed by atoms with Crippen molar-refractivity contribution in [3.63, 3.8) is 0 Å². The maximum atomic E-state index is 14.2. The summed E-state index contributed by atoms with van der Waals surface area (Å²) in [6.07, 6.45) is 1.60. The molecule has 5 aromatic rings. The fourth-order valence-corrected chi connectivity index (χ4v) is 4.45.